The van der Waals surface area contributed by atoms with Gasteiger partial charge in [0, 0.05) is 31.4 Å². The maximum absolute atomic E-state index is 5.87. The molecule has 0 aliphatic heterocycles. The topological polar surface area (TPSA) is 43.8 Å². The van der Waals surface area contributed by atoms with Gasteiger partial charge in [0.25, 0.3) is 0 Å². The first-order valence-electron chi connectivity index (χ1n) is 7.08. The first-order valence-corrected chi connectivity index (χ1v) is 7.08. The first-order chi connectivity index (χ1) is 9.22. The molecule has 0 fully saturated rings. The van der Waals surface area contributed by atoms with Crippen molar-refractivity contribution in [2.24, 2.45) is 5.73 Å². The van der Waals surface area contributed by atoms with Crippen LogP contribution in [-0.4, -0.2) is 15.6 Å². The third-order valence-corrected chi connectivity index (χ3v) is 3.82. The van der Waals surface area contributed by atoms with E-state index in [1.807, 2.05) is 19.3 Å². The van der Waals surface area contributed by atoms with Crippen molar-refractivity contribution in [3.8, 4) is 0 Å². The van der Waals surface area contributed by atoms with Gasteiger partial charge in [0.15, 0.2) is 0 Å². The molecule has 1 aliphatic rings. The minimum Gasteiger partial charge on any atom is -0.330 e. The molecule has 0 bridgehead atoms. The lowest BCUT2D eigenvalue weighted by molar-refractivity contribution is 0.648. The van der Waals surface area contributed by atoms with Crippen molar-refractivity contribution in [1.29, 1.82) is 0 Å². The molecule has 100 valence electrons. The second-order valence-corrected chi connectivity index (χ2v) is 5.61. The first kappa shape index (κ1) is 12.4. The molecule has 0 radical (unpaired) electrons. The number of nitrogens with zero attached hydrogens (tertiary/aromatic N) is 2. The average molecular weight is 255 g/mol. The summed E-state index contributed by atoms with van der Waals surface area (Å²) < 4.78 is 2.21. The van der Waals surface area contributed by atoms with Gasteiger partial charge in [-0.3, -0.25) is 0 Å². The fourth-order valence-corrected chi connectivity index (χ4v) is 2.88. The Kier molecular flexibility index (Phi) is 3.38. The summed E-state index contributed by atoms with van der Waals surface area (Å²) in [5.74, 6) is 1.08. The highest BCUT2D eigenvalue weighted by Gasteiger charge is 2.12. The molecule has 0 saturated carbocycles. The van der Waals surface area contributed by atoms with E-state index in [4.69, 9.17) is 5.73 Å². The van der Waals surface area contributed by atoms with Crippen LogP contribution in [0.1, 0.15) is 35.9 Å². The molecule has 0 saturated heterocycles. The van der Waals surface area contributed by atoms with Crippen LogP contribution in [0.5, 0.6) is 0 Å². The smallest absolute Gasteiger partial charge is 0.110 e. The molecular formula is C16H21N3. The Hall–Kier alpha value is -1.61. The number of imidazole rings is 1. The molecule has 1 heterocycles. The van der Waals surface area contributed by atoms with Crippen LogP contribution in [0.2, 0.25) is 0 Å². The van der Waals surface area contributed by atoms with Gasteiger partial charge in [0.1, 0.15) is 5.82 Å². The van der Waals surface area contributed by atoms with E-state index < -0.39 is 0 Å². The van der Waals surface area contributed by atoms with E-state index in [1.165, 1.54) is 36.0 Å². The molecular weight excluding hydrogens is 234 g/mol. The lowest BCUT2D eigenvalue weighted by atomic mass is 10.1. The van der Waals surface area contributed by atoms with Crippen molar-refractivity contribution in [1.82, 2.24) is 9.55 Å². The molecule has 19 heavy (non-hydrogen) atoms. The van der Waals surface area contributed by atoms with E-state index in [2.05, 4.69) is 27.8 Å². The van der Waals surface area contributed by atoms with Gasteiger partial charge in [-0.05, 0) is 42.9 Å². The van der Waals surface area contributed by atoms with Crippen LogP contribution in [-0.2, 0) is 25.8 Å². The predicted octanol–water partition coefficient (Wildman–Crippen LogP) is 2.31. The number of hydrogen-bond donors (Lipinski definition) is 1. The van der Waals surface area contributed by atoms with Gasteiger partial charge < -0.3 is 10.3 Å². The molecule has 3 nitrogen and oxygen atoms in total. The zero-order valence-corrected chi connectivity index (χ0v) is 11.5. The zero-order chi connectivity index (χ0) is 13.2. The summed E-state index contributed by atoms with van der Waals surface area (Å²) in [7, 11) is 0. The predicted molar refractivity (Wildman–Crippen MR) is 77.1 cm³/mol. The highest BCUT2D eigenvalue weighted by molar-refractivity contribution is 5.35. The minimum atomic E-state index is 0.154. The maximum atomic E-state index is 5.87. The monoisotopic (exact) mass is 255 g/mol. The quantitative estimate of drug-likeness (QED) is 0.911. The number of aromatic nitrogens is 2. The van der Waals surface area contributed by atoms with E-state index in [-0.39, 0.29) is 6.04 Å². The third kappa shape index (κ3) is 2.71. The van der Waals surface area contributed by atoms with Gasteiger partial charge in [-0.25, -0.2) is 4.98 Å². The summed E-state index contributed by atoms with van der Waals surface area (Å²) in [6.07, 6.45) is 8.53. The maximum Gasteiger partial charge on any atom is 0.110 e. The lowest BCUT2D eigenvalue weighted by Gasteiger charge is -2.11. The largest absolute Gasteiger partial charge is 0.330 e. The van der Waals surface area contributed by atoms with E-state index in [0.29, 0.717) is 0 Å². The Morgan fingerprint density at radius 2 is 2.16 bits per heavy atom. The van der Waals surface area contributed by atoms with E-state index >= 15 is 0 Å². The van der Waals surface area contributed by atoms with Crippen LogP contribution in [0.15, 0.2) is 30.6 Å². The number of rotatable bonds is 4. The fraction of sp³-hybridized carbons (Fsp3) is 0.438. The summed E-state index contributed by atoms with van der Waals surface area (Å²) in [5, 5.41) is 0. The highest BCUT2D eigenvalue weighted by atomic mass is 15.1. The molecule has 0 spiro atoms. The third-order valence-electron chi connectivity index (χ3n) is 3.82. The molecule has 1 atom stereocenters. The van der Waals surface area contributed by atoms with E-state index in [9.17, 15) is 0 Å². The molecule has 1 aliphatic carbocycles. The Morgan fingerprint density at radius 1 is 1.32 bits per heavy atom. The summed E-state index contributed by atoms with van der Waals surface area (Å²) >= 11 is 0. The number of hydrogen-bond acceptors (Lipinski definition) is 2. The van der Waals surface area contributed by atoms with Crippen molar-refractivity contribution in [3.63, 3.8) is 0 Å². The SMILES string of the molecule is CC(N)Cc1nccn1Cc1ccc2c(c1)CCC2. The second-order valence-electron chi connectivity index (χ2n) is 5.61. The highest BCUT2D eigenvalue weighted by Crippen LogP contribution is 2.23. The normalized spacial score (nSPS) is 15.5. The van der Waals surface area contributed by atoms with Crippen LogP contribution >= 0.6 is 0 Å². The summed E-state index contributed by atoms with van der Waals surface area (Å²) in [4.78, 5) is 4.41. The molecule has 1 aromatic carbocycles. The van der Waals surface area contributed by atoms with Crippen molar-refractivity contribution in [3.05, 3.63) is 53.1 Å². The summed E-state index contributed by atoms with van der Waals surface area (Å²) in [6, 6.07) is 7.05. The van der Waals surface area contributed by atoms with Crippen molar-refractivity contribution < 1.29 is 0 Å². The van der Waals surface area contributed by atoms with Crippen LogP contribution < -0.4 is 5.73 Å². The molecule has 0 amide bonds. The van der Waals surface area contributed by atoms with E-state index in [0.717, 1.165) is 18.8 Å². The van der Waals surface area contributed by atoms with Gasteiger partial charge in [0.2, 0.25) is 0 Å². The molecule has 1 aromatic heterocycles. The Labute approximate surface area is 114 Å². The standard InChI is InChI=1S/C16H21N3/c1-12(17)9-16-18-7-8-19(16)11-13-5-6-14-3-2-4-15(14)10-13/h5-8,10,12H,2-4,9,11,17H2,1H3. The molecule has 2 aromatic rings. The second kappa shape index (κ2) is 5.17. The summed E-state index contributed by atoms with van der Waals surface area (Å²) in [5.41, 5.74) is 10.3. The van der Waals surface area contributed by atoms with Crippen LogP contribution in [0.3, 0.4) is 0 Å². The molecule has 1 unspecified atom stereocenters. The Morgan fingerprint density at radius 3 is 3.00 bits per heavy atom. The van der Waals surface area contributed by atoms with Crippen LogP contribution in [0, 0.1) is 0 Å². The number of nitrogens with two attached hydrogens (primary N) is 1. The molecule has 3 heteroatoms. The van der Waals surface area contributed by atoms with Crippen LogP contribution in [0.25, 0.3) is 0 Å². The Balaban J connectivity index is 1.80. The van der Waals surface area contributed by atoms with Crippen molar-refractivity contribution in [2.45, 2.75) is 45.2 Å². The van der Waals surface area contributed by atoms with Crippen LogP contribution in [0.4, 0.5) is 0 Å². The van der Waals surface area contributed by atoms with Gasteiger partial charge >= 0.3 is 0 Å². The van der Waals surface area contributed by atoms with Gasteiger partial charge in [-0.1, -0.05) is 18.2 Å². The van der Waals surface area contributed by atoms with Gasteiger partial charge in [-0.2, -0.15) is 0 Å². The van der Waals surface area contributed by atoms with Gasteiger partial charge in [-0.15, -0.1) is 0 Å². The number of aryl methyl sites for hydroxylation is 2. The Bertz CT molecular complexity index is 569. The molecule has 3 rings (SSSR count). The van der Waals surface area contributed by atoms with Gasteiger partial charge in [0.05, 0.1) is 0 Å². The number of fused-ring (bicyclic) bond motifs is 1. The van der Waals surface area contributed by atoms with Crippen molar-refractivity contribution >= 4 is 0 Å². The lowest BCUT2D eigenvalue weighted by Crippen LogP contribution is -2.20. The fourth-order valence-electron chi connectivity index (χ4n) is 2.88. The average Bonchev–Trinajstić information content (AvgIpc) is 2.98. The molecule has 2 N–H and O–H groups in total. The zero-order valence-electron chi connectivity index (χ0n) is 11.5. The summed E-state index contributed by atoms with van der Waals surface area (Å²) in [6.45, 7) is 2.92. The minimum absolute atomic E-state index is 0.154. The number of benzene rings is 1. The van der Waals surface area contributed by atoms with E-state index in [1.54, 1.807) is 0 Å². The van der Waals surface area contributed by atoms with Crippen molar-refractivity contribution in [2.75, 3.05) is 0 Å².